The van der Waals surface area contributed by atoms with E-state index in [1.165, 1.54) is 81.8 Å². The molecule has 782 valence electrons. The first-order chi connectivity index (χ1) is 70.0. The third kappa shape index (κ3) is 25.6. The van der Waals surface area contributed by atoms with Gasteiger partial charge in [-0.3, -0.25) is 33.7 Å². The molecule has 0 radical (unpaired) electrons. The average Bonchev–Trinajstić information content (AvgIpc) is 1.59. The lowest BCUT2D eigenvalue weighted by Crippen LogP contribution is -2.41. The molecule has 31 heteroatoms. The molecule has 2 saturated heterocycles. The van der Waals surface area contributed by atoms with Crippen LogP contribution in [-0.2, 0) is 75.7 Å². The number of hydrogen-bond donors (Lipinski definition) is 3. The van der Waals surface area contributed by atoms with E-state index >= 15 is 0 Å². The molecule has 20 rings (SSSR count). The zero-order valence-electron chi connectivity index (χ0n) is 86.1. The van der Waals surface area contributed by atoms with E-state index in [0.29, 0.717) is 90.6 Å². The number of carboxylic acid groups (broad SMARTS) is 2. The molecule has 2 atom stereocenters. The van der Waals surface area contributed by atoms with Gasteiger partial charge in [0, 0.05) is 138 Å². The van der Waals surface area contributed by atoms with E-state index in [0.717, 1.165) is 216 Å². The Morgan fingerprint density at radius 2 is 0.801 bits per heavy atom. The lowest BCUT2D eigenvalue weighted by atomic mass is 9.84. The van der Waals surface area contributed by atoms with Gasteiger partial charge in [-0.05, 0) is 298 Å². The first kappa shape index (κ1) is 110. The second kappa shape index (κ2) is 50.7. The summed E-state index contributed by atoms with van der Waals surface area (Å²) in [6.07, 6.45) is 19.7. The molecule has 5 aromatic carbocycles. The second-order valence-corrected chi connectivity index (χ2v) is 42.7. The van der Waals surface area contributed by atoms with Crippen molar-refractivity contribution in [1.82, 2.24) is 38.6 Å². The fraction of sp³-hybridized carbons (Fsp3) is 0.470. The first-order valence-corrected chi connectivity index (χ1v) is 54.8. The SMILES string of the molecule is C.COc1cc2c(cc1OC(C)C)-c1c(-c3cccs3)cc(C(=O)CBr)n1CC2.COc1cc2c(cc1OC(C)C)-c1c(-c3cccs3)cc(C(=O)CN3CCCN(C(=O)C4CCC4)CC3)n1CC2.COc1cc2c(cc1OC(C)C)-c1c(-c3cccs3)ccn1CC2.COc1cc2c(cc1OC(C)C)C(C(=O)O)N(C=O)CC2.COc1cc2c(cc1OC(C)C)C(C(=O)O)NCC2.O=C(C1CCC1)N1CCCCCC1. The van der Waals surface area contributed by atoms with Crippen molar-refractivity contribution in [2.24, 2.45) is 11.8 Å². The summed E-state index contributed by atoms with van der Waals surface area (Å²) >= 11 is 8.49. The van der Waals surface area contributed by atoms with Gasteiger partial charge < -0.3 is 91.3 Å². The monoisotopic (exact) mass is 2110 g/mol. The fourth-order valence-corrected chi connectivity index (χ4v) is 22.9. The number of rotatable bonds is 28. The number of carbonyl (C=O) groups is 7. The number of carboxylic acids is 2. The number of halogens is 1. The molecule has 0 bridgehead atoms. The number of benzene rings is 5. The third-order valence-corrected chi connectivity index (χ3v) is 30.9. The number of carbonyl (C=O) groups excluding carboxylic acids is 5. The van der Waals surface area contributed by atoms with Gasteiger partial charge in [-0.15, -0.1) is 34.0 Å². The van der Waals surface area contributed by atoms with Crippen LogP contribution in [0.5, 0.6) is 57.5 Å². The molecule has 0 spiro atoms. The van der Waals surface area contributed by atoms with Gasteiger partial charge in [0.15, 0.2) is 75.1 Å². The summed E-state index contributed by atoms with van der Waals surface area (Å²) in [6, 6.07) is 37.1. The number of methoxy groups -OCH3 is 5. The van der Waals surface area contributed by atoms with E-state index in [-0.39, 0.29) is 55.4 Å². The number of ether oxygens (including phenoxy) is 10. The Kier molecular flexibility index (Phi) is 38.1. The number of thiophene rings is 3. The first-order valence-electron chi connectivity index (χ1n) is 51.0. The van der Waals surface area contributed by atoms with Crippen molar-refractivity contribution in [3.8, 4) is 123 Å². The van der Waals surface area contributed by atoms with Crippen LogP contribution in [0.1, 0.15) is 219 Å². The maximum atomic E-state index is 13.9. The van der Waals surface area contributed by atoms with Gasteiger partial charge >= 0.3 is 11.9 Å². The lowest BCUT2D eigenvalue weighted by molar-refractivity contribution is -0.147. The van der Waals surface area contributed by atoms with Crippen molar-refractivity contribution in [2.45, 2.75) is 242 Å². The van der Waals surface area contributed by atoms with Crippen molar-refractivity contribution >= 4 is 91.7 Å². The van der Waals surface area contributed by atoms with Crippen LogP contribution in [0.3, 0.4) is 0 Å². The summed E-state index contributed by atoms with van der Waals surface area (Å²) in [5.74, 6) is 6.60. The molecule has 9 aliphatic rings. The number of amides is 3. The van der Waals surface area contributed by atoms with E-state index in [1.807, 2.05) is 92.3 Å². The molecule has 4 fully saturated rings. The zero-order valence-corrected chi connectivity index (χ0v) is 90.2. The van der Waals surface area contributed by atoms with Crippen molar-refractivity contribution in [1.29, 1.82) is 0 Å². The van der Waals surface area contributed by atoms with Crippen LogP contribution in [0.25, 0.3) is 65.1 Å². The highest BCUT2D eigenvalue weighted by molar-refractivity contribution is 9.09. The number of hydrogen-bond acceptors (Lipinski definition) is 22. The molecule has 2 aliphatic carbocycles. The van der Waals surface area contributed by atoms with Gasteiger partial charge in [0.05, 0.1) is 106 Å². The molecule has 3 N–H and O–H groups in total. The number of aromatic nitrogens is 3. The molecular formula is C115H143BrN8O19S3. The smallest absolute Gasteiger partial charge is 0.331 e. The molecule has 13 heterocycles. The molecule has 2 unspecified atom stereocenters. The lowest BCUT2D eigenvalue weighted by Gasteiger charge is -2.32. The summed E-state index contributed by atoms with van der Waals surface area (Å²) in [4.78, 5) is 96.3. The Balaban J connectivity index is 0.000000143. The predicted molar refractivity (Wildman–Crippen MR) is 581 cm³/mol. The number of aliphatic carboxylic acids is 2. The van der Waals surface area contributed by atoms with Crippen LogP contribution in [0.2, 0.25) is 0 Å². The minimum atomic E-state index is -1.05. The number of likely N-dealkylation sites (tertiary alicyclic amines) is 1. The highest BCUT2D eigenvalue weighted by atomic mass is 79.9. The summed E-state index contributed by atoms with van der Waals surface area (Å²) < 4.78 is 63.6. The molecule has 3 amide bonds. The van der Waals surface area contributed by atoms with E-state index in [4.69, 9.17) is 47.4 Å². The van der Waals surface area contributed by atoms with Gasteiger partial charge in [0.1, 0.15) is 6.04 Å². The van der Waals surface area contributed by atoms with Crippen LogP contribution in [-0.4, -0.2) is 216 Å². The van der Waals surface area contributed by atoms with E-state index in [9.17, 15) is 43.8 Å². The normalized spacial score (nSPS) is 16.4. The molecule has 146 heavy (non-hydrogen) atoms. The van der Waals surface area contributed by atoms with Gasteiger partial charge in [-0.2, -0.15) is 0 Å². The number of alkyl halides is 1. The largest absolute Gasteiger partial charge is 0.493 e. The maximum Gasteiger partial charge on any atom is 0.331 e. The quantitative estimate of drug-likeness (QED) is 0.0233. The van der Waals surface area contributed by atoms with Gasteiger partial charge in [-0.1, -0.05) is 67.2 Å². The van der Waals surface area contributed by atoms with Crippen LogP contribution >= 0.6 is 49.9 Å². The van der Waals surface area contributed by atoms with Crippen molar-refractivity contribution in [2.75, 3.05) is 99.8 Å². The van der Waals surface area contributed by atoms with Gasteiger partial charge in [0.2, 0.25) is 18.2 Å². The summed E-state index contributed by atoms with van der Waals surface area (Å²) in [5, 5.41) is 28.3. The van der Waals surface area contributed by atoms with E-state index in [1.54, 1.807) is 87.8 Å². The minimum Gasteiger partial charge on any atom is -0.493 e. The summed E-state index contributed by atoms with van der Waals surface area (Å²) in [6.45, 7) is 28.8. The molecule has 27 nitrogen and oxygen atoms in total. The third-order valence-electron chi connectivity index (χ3n) is 27.7. The Hall–Kier alpha value is -11.9. The van der Waals surface area contributed by atoms with Gasteiger partial charge in [-0.25, -0.2) is 4.79 Å². The van der Waals surface area contributed by atoms with Crippen molar-refractivity contribution < 1.29 is 91.1 Å². The summed E-state index contributed by atoms with van der Waals surface area (Å²) in [5.41, 5.74) is 18.9. The minimum absolute atomic E-state index is 0. The fourth-order valence-electron chi connectivity index (χ4n) is 20.4. The van der Waals surface area contributed by atoms with Crippen LogP contribution < -0.4 is 52.7 Å². The van der Waals surface area contributed by atoms with Crippen LogP contribution in [0.4, 0.5) is 0 Å². The zero-order chi connectivity index (χ0) is 103. The van der Waals surface area contributed by atoms with E-state index in [2.05, 4.69) is 146 Å². The Bertz CT molecular complexity index is 6340. The molecule has 6 aromatic heterocycles. The Morgan fingerprint density at radius 3 is 1.21 bits per heavy atom. The summed E-state index contributed by atoms with van der Waals surface area (Å²) in [7, 11) is 8.19. The van der Waals surface area contributed by atoms with Gasteiger partial charge in [0.25, 0.3) is 0 Å². The second-order valence-electron chi connectivity index (χ2n) is 39.3. The molecule has 11 aromatic rings. The van der Waals surface area contributed by atoms with Crippen molar-refractivity contribution in [3.05, 3.63) is 188 Å². The standard InChI is InChI=1S/C32H39N3O4S.C22H22BrNO3S.C20H21NO2S.C15H19NO5.C14H19NO4.C11H19NO.CH4/c1-21(2)39-29-19-24-23(17-28(29)38-3)10-13-35-26(18-25(31(24)35)30-9-5-16-40-30)27(36)20-33-11-6-12-34(15-14-33)32(37)22-7-4-8-22;1-13(2)27-20-11-15-14(9-19(20)26-3)6-7-24-17(18(25)12-23)10-16(22(15)24)21-5-4-8-28-21;1-13(2)23-18-12-16-14(11-17(18)22-3)6-8-21-9-7-15(20(16)21)19-5-4-10-24-19;1-9(2)21-13-7-11-10(6-12(13)20-3)4-5-16(8-17)14(11)15(18)19;1-8(2)19-12-7-10-9(6-11(12)18-3)4-5-15-13(10)14(16)17;13-11(10-6-5-7-10)12-8-3-1-2-4-9-12;/h5,9,16-19,21-22H,4,6-8,10-15,20H2,1-3H3;4-5,8-11,13H,6-7,12H2,1-3H3;4-5,7,9-13H,6,8H2,1-3H3;6-9,14H,4-5H2,1-3H3,(H,18,19);6-8,13,15H,4-5H2,1-3H3,(H,16,17);10H,1-9H2;1H4. The number of ketones is 2. The number of fused-ring (bicyclic) bond motifs is 11. The Labute approximate surface area is 879 Å². The molecule has 2 saturated carbocycles. The topological polar surface area (TPSA) is 292 Å². The van der Waals surface area contributed by atoms with Crippen LogP contribution in [0.15, 0.2) is 138 Å². The van der Waals surface area contributed by atoms with E-state index < -0.39 is 24.0 Å². The Morgan fingerprint density at radius 1 is 0.404 bits per heavy atom. The maximum absolute atomic E-state index is 13.9. The molecule has 7 aliphatic heterocycles. The highest BCUT2D eigenvalue weighted by Crippen LogP contribution is 2.51. The number of aryl methyl sites for hydroxylation is 4. The number of Topliss-reactive ketones (excluding diaryl/α,β-unsaturated/α-hetero) is 2. The van der Waals surface area contributed by atoms with Crippen molar-refractivity contribution in [3.63, 3.8) is 0 Å². The predicted octanol–water partition coefficient (Wildman–Crippen LogP) is 23.0. The number of nitrogens with zero attached hydrogens (tertiary/aromatic N) is 7. The number of nitrogens with one attached hydrogen (secondary N) is 1. The highest BCUT2D eigenvalue weighted by Gasteiger charge is 2.39. The average molecular weight is 2120 g/mol. The van der Waals surface area contributed by atoms with Crippen LogP contribution in [0, 0.1) is 11.8 Å². The molecular weight excluding hydrogens is 1970 g/mol.